The predicted molar refractivity (Wildman–Crippen MR) is 112 cm³/mol. The van der Waals surface area contributed by atoms with E-state index >= 15 is 0 Å². The van der Waals surface area contributed by atoms with Crippen LogP contribution in [0.25, 0.3) is 11.7 Å². The van der Waals surface area contributed by atoms with E-state index in [0.717, 1.165) is 37.2 Å². The summed E-state index contributed by atoms with van der Waals surface area (Å²) in [6.45, 7) is 1.95. The zero-order chi connectivity index (χ0) is 20.7. The summed E-state index contributed by atoms with van der Waals surface area (Å²) in [4.78, 5) is 28.3. The Morgan fingerprint density at radius 1 is 1.33 bits per heavy atom. The van der Waals surface area contributed by atoms with Crippen LogP contribution in [0.5, 0.6) is 5.88 Å². The molecule has 4 heterocycles. The molecule has 4 N–H and O–H groups in total. The molecule has 1 atom stereocenters. The van der Waals surface area contributed by atoms with E-state index < -0.39 is 5.69 Å². The summed E-state index contributed by atoms with van der Waals surface area (Å²) in [6.07, 6.45) is 9.20. The molecule has 2 aliphatic rings. The van der Waals surface area contributed by atoms with Crippen LogP contribution in [0.4, 0.5) is 5.82 Å². The Morgan fingerprint density at radius 2 is 2.20 bits per heavy atom. The molecule has 0 amide bonds. The highest BCUT2D eigenvalue weighted by Gasteiger charge is 2.21. The molecule has 5 rings (SSSR count). The maximum Gasteiger partial charge on any atom is 0.326 e. The Hall–Kier alpha value is -3.14. The second kappa shape index (κ2) is 7.60. The Labute approximate surface area is 172 Å². The van der Waals surface area contributed by atoms with Gasteiger partial charge in [-0.15, -0.1) is 0 Å². The molecule has 1 aliphatic heterocycles. The minimum atomic E-state index is -0.466. The second-order valence-corrected chi connectivity index (χ2v) is 8.19. The molecule has 3 aromatic rings. The SMILES string of the molecule is CN1CCCCC1CNc1cc(=NC2CC2)n2nc/c(=C\c3[nH]c(=O)[nH]c3O)c2n1. The number of rotatable bonds is 5. The van der Waals surface area contributed by atoms with Crippen molar-refractivity contribution in [2.75, 3.05) is 25.5 Å². The molecule has 0 bridgehead atoms. The van der Waals surface area contributed by atoms with Crippen LogP contribution in [-0.2, 0) is 0 Å². The number of anilines is 1. The lowest BCUT2D eigenvalue weighted by Gasteiger charge is -2.32. The quantitative estimate of drug-likeness (QED) is 0.467. The molecule has 10 heteroatoms. The molecular weight excluding hydrogens is 384 g/mol. The van der Waals surface area contributed by atoms with Crippen molar-refractivity contribution in [1.29, 1.82) is 0 Å². The molecule has 30 heavy (non-hydrogen) atoms. The minimum absolute atomic E-state index is 0.211. The number of aromatic nitrogens is 5. The molecule has 1 aliphatic carbocycles. The van der Waals surface area contributed by atoms with E-state index in [0.29, 0.717) is 28.6 Å². The number of H-pyrrole nitrogens is 2. The monoisotopic (exact) mass is 410 g/mol. The Morgan fingerprint density at radius 3 is 2.93 bits per heavy atom. The molecule has 1 saturated heterocycles. The Kier molecular flexibility index (Phi) is 4.78. The summed E-state index contributed by atoms with van der Waals surface area (Å²) in [5.74, 6) is 0.541. The fourth-order valence-electron chi connectivity index (χ4n) is 3.91. The molecular formula is C20H26N8O2. The van der Waals surface area contributed by atoms with Gasteiger partial charge in [-0.25, -0.2) is 9.78 Å². The smallest absolute Gasteiger partial charge is 0.326 e. The standard InChI is InChI=1S/C20H26N8O2/c1-27-7-3-2-4-14(27)11-21-16-9-17(23-13-5-6-13)28-18(25-16)12(10-22-28)8-15-19(29)26-20(30)24-15/h8-10,13-14,21,29H,2-7,11H2,1H3,(H2,24,26,30)/b12-8+,23-17?. The first-order chi connectivity index (χ1) is 14.6. The second-order valence-electron chi connectivity index (χ2n) is 8.19. The van der Waals surface area contributed by atoms with E-state index in [9.17, 15) is 9.90 Å². The van der Waals surface area contributed by atoms with E-state index in [2.05, 4.69) is 32.3 Å². The van der Waals surface area contributed by atoms with Gasteiger partial charge in [0.05, 0.1) is 12.2 Å². The van der Waals surface area contributed by atoms with Gasteiger partial charge in [-0.3, -0.25) is 9.98 Å². The Balaban J connectivity index is 1.54. The van der Waals surface area contributed by atoms with Gasteiger partial charge in [0.2, 0.25) is 5.88 Å². The van der Waals surface area contributed by atoms with Gasteiger partial charge >= 0.3 is 5.69 Å². The number of nitrogens with zero attached hydrogens (tertiary/aromatic N) is 5. The Bertz CT molecular complexity index is 1240. The van der Waals surface area contributed by atoms with Crippen LogP contribution >= 0.6 is 0 Å². The largest absolute Gasteiger partial charge is 0.493 e. The number of likely N-dealkylation sites (tertiary alicyclic amines) is 1. The summed E-state index contributed by atoms with van der Waals surface area (Å²) in [6, 6.07) is 2.77. The van der Waals surface area contributed by atoms with Crippen molar-refractivity contribution >= 4 is 17.5 Å². The number of imidazole rings is 1. The van der Waals surface area contributed by atoms with Crippen molar-refractivity contribution in [2.45, 2.75) is 44.2 Å². The lowest BCUT2D eigenvalue weighted by molar-refractivity contribution is 0.194. The van der Waals surface area contributed by atoms with Crippen LogP contribution in [0.3, 0.4) is 0 Å². The molecule has 3 aromatic heterocycles. The third kappa shape index (κ3) is 3.82. The van der Waals surface area contributed by atoms with E-state index in [1.165, 1.54) is 19.3 Å². The van der Waals surface area contributed by atoms with Crippen LogP contribution in [0, 0.1) is 0 Å². The lowest BCUT2D eigenvalue weighted by Crippen LogP contribution is -2.41. The first kappa shape index (κ1) is 18.9. The highest BCUT2D eigenvalue weighted by atomic mass is 16.3. The number of aromatic hydroxyl groups is 1. The van der Waals surface area contributed by atoms with Crippen molar-refractivity contribution in [3.05, 3.63) is 39.1 Å². The third-order valence-corrected chi connectivity index (χ3v) is 5.82. The van der Waals surface area contributed by atoms with E-state index in [4.69, 9.17) is 9.98 Å². The molecule has 10 nitrogen and oxygen atoms in total. The van der Waals surface area contributed by atoms with Crippen molar-refractivity contribution in [3.63, 3.8) is 0 Å². The van der Waals surface area contributed by atoms with Crippen LogP contribution in [0.15, 0.2) is 22.1 Å². The van der Waals surface area contributed by atoms with E-state index in [-0.39, 0.29) is 5.88 Å². The fraction of sp³-hybridized carbons (Fsp3) is 0.500. The third-order valence-electron chi connectivity index (χ3n) is 5.82. The number of piperidine rings is 1. The zero-order valence-electron chi connectivity index (χ0n) is 16.9. The van der Waals surface area contributed by atoms with Gasteiger partial charge in [-0.05, 0) is 45.4 Å². The molecule has 0 aromatic carbocycles. The summed E-state index contributed by atoms with van der Waals surface area (Å²) < 4.78 is 1.71. The van der Waals surface area contributed by atoms with E-state index in [1.807, 2.05) is 6.07 Å². The normalized spacial score (nSPS) is 21.6. The average Bonchev–Trinajstić information content (AvgIpc) is 3.36. The van der Waals surface area contributed by atoms with Crippen molar-refractivity contribution in [1.82, 2.24) is 29.5 Å². The molecule has 1 unspecified atom stereocenters. The van der Waals surface area contributed by atoms with Crippen molar-refractivity contribution < 1.29 is 5.11 Å². The highest BCUT2D eigenvalue weighted by Crippen LogP contribution is 2.22. The number of nitrogens with one attached hydrogen (secondary N) is 3. The number of hydrogen-bond donors (Lipinski definition) is 4. The number of hydrogen-bond acceptors (Lipinski definition) is 7. The van der Waals surface area contributed by atoms with Crippen molar-refractivity contribution in [3.8, 4) is 5.88 Å². The van der Waals surface area contributed by atoms with Crippen LogP contribution in [0.2, 0.25) is 0 Å². The average molecular weight is 410 g/mol. The van der Waals surface area contributed by atoms with Gasteiger partial charge in [0.1, 0.15) is 11.5 Å². The predicted octanol–water partition coefficient (Wildman–Crippen LogP) is -0.0417. The fourth-order valence-corrected chi connectivity index (χ4v) is 3.91. The maximum atomic E-state index is 11.4. The zero-order valence-corrected chi connectivity index (χ0v) is 16.9. The van der Waals surface area contributed by atoms with Gasteiger partial charge in [-0.2, -0.15) is 9.61 Å². The van der Waals surface area contributed by atoms with Gasteiger partial charge < -0.3 is 20.3 Å². The minimum Gasteiger partial charge on any atom is -0.493 e. The molecule has 0 radical (unpaired) electrons. The first-order valence-electron chi connectivity index (χ1n) is 10.5. The summed E-state index contributed by atoms with van der Waals surface area (Å²) >= 11 is 0. The molecule has 1 saturated carbocycles. The summed E-state index contributed by atoms with van der Waals surface area (Å²) in [5, 5.41) is 18.5. The van der Waals surface area contributed by atoms with Gasteiger partial charge in [0.25, 0.3) is 0 Å². The summed E-state index contributed by atoms with van der Waals surface area (Å²) in [7, 11) is 2.17. The number of fused-ring (bicyclic) bond motifs is 1. The summed E-state index contributed by atoms with van der Waals surface area (Å²) in [5.41, 5.74) is 1.21. The highest BCUT2D eigenvalue weighted by molar-refractivity contribution is 5.57. The topological polar surface area (TPSA) is 127 Å². The van der Waals surface area contributed by atoms with Crippen molar-refractivity contribution in [2.24, 2.45) is 4.99 Å². The number of aromatic amines is 2. The molecule has 158 valence electrons. The van der Waals surface area contributed by atoms with E-state index in [1.54, 1.807) is 16.8 Å². The number of likely N-dealkylation sites (N-methyl/N-ethyl adjacent to an activating group) is 1. The first-order valence-corrected chi connectivity index (χ1v) is 10.5. The van der Waals surface area contributed by atoms with Crippen LogP contribution in [-0.4, -0.2) is 66.8 Å². The molecule has 0 spiro atoms. The van der Waals surface area contributed by atoms with Crippen LogP contribution in [0.1, 0.15) is 37.8 Å². The van der Waals surface area contributed by atoms with Gasteiger partial charge in [0.15, 0.2) is 11.1 Å². The maximum absolute atomic E-state index is 11.4. The van der Waals surface area contributed by atoms with Crippen LogP contribution < -0.4 is 21.7 Å². The molecule has 2 fully saturated rings. The van der Waals surface area contributed by atoms with Gasteiger partial charge in [0, 0.05) is 23.9 Å². The lowest BCUT2D eigenvalue weighted by atomic mass is 10.0. The van der Waals surface area contributed by atoms with Gasteiger partial charge in [-0.1, -0.05) is 6.42 Å².